The Morgan fingerprint density at radius 2 is 2.05 bits per heavy atom. The number of nitrogens with zero attached hydrogens (tertiary/aromatic N) is 2. The molecule has 0 unspecified atom stereocenters. The number of pyridine rings is 1. The third-order valence-electron chi connectivity index (χ3n) is 4.77. The lowest BCUT2D eigenvalue weighted by Gasteiger charge is -2.42. The Kier molecular flexibility index (Phi) is 4.57. The number of Topliss-reactive ketones (excluding diaryl/α,β-unsaturated/α-hetero) is 1. The minimum atomic E-state index is -0.295. The van der Waals surface area contributed by atoms with E-state index in [9.17, 15) is 4.79 Å². The maximum atomic E-state index is 13.0. The van der Waals surface area contributed by atoms with E-state index in [1.165, 1.54) is 0 Å². The number of hydrogen-bond acceptors (Lipinski definition) is 4. The summed E-state index contributed by atoms with van der Waals surface area (Å²) in [7, 11) is 0. The number of ether oxygens (including phenoxy) is 1. The zero-order chi connectivity index (χ0) is 14.7. The Labute approximate surface area is 130 Å². The van der Waals surface area contributed by atoms with Crippen LogP contribution in [0.2, 0.25) is 5.02 Å². The summed E-state index contributed by atoms with van der Waals surface area (Å²) in [5.41, 5.74) is 0.590. The van der Waals surface area contributed by atoms with E-state index in [-0.39, 0.29) is 5.54 Å². The smallest absolute Gasteiger partial charge is 0.157 e. The van der Waals surface area contributed by atoms with Crippen LogP contribution >= 0.6 is 11.6 Å². The summed E-state index contributed by atoms with van der Waals surface area (Å²) in [6, 6.07) is 1.85. The van der Waals surface area contributed by atoms with Gasteiger partial charge >= 0.3 is 0 Å². The van der Waals surface area contributed by atoms with Gasteiger partial charge in [0, 0.05) is 31.9 Å². The Bertz CT molecular complexity index is 509. The minimum Gasteiger partial charge on any atom is -0.379 e. The molecule has 1 aliphatic carbocycles. The van der Waals surface area contributed by atoms with E-state index >= 15 is 0 Å². The number of halogens is 1. The van der Waals surface area contributed by atoms with Crippen LogP contribution in [0.15, 0.2) is 18.5 Å². The maximum absolute atomic E-state index is 13.0. The van der Waals surface area contributed by atoms with E-state index < -0.39 is 0 Å². The summed E-state index contributed by atoms with van der Waals surface area (Å²) in [6.07, 6.45) is 7.91. The molecule has 114 valence electrons. The first kappa shape index (κ1) is 14.9. The van der Waals surface area contributed by atoms with E-state index in [4.69, 9.17) is 16.3 Å². The number of rotatable bonds is 4. The van der Waals surface area contributed by atoms with Gasteiger partial charge in [0.2, 0.25) is 0 Å². The van der Waals surface area contributed by atoms with Gasteiger partial charge in [0.25, 0.3) is 0 Å². The Morgan fingerprint density at radius 3 is 2.71 bits per heavy atom. The minimum absolute atomic E-state index is 0.295. The second-order valence-electron chi connectivity index (χ2n) is 5.91. The zero-order valence-electron chi connectivity index (χ0n) is 12.2. The van der Waals surface area contributed by atoms with Crippen molar-refractivity contribution in [3.63, 3.8) is 0 Å². The predicted octanol–water partition coefficient (Wildman–Crippen LogP) is 2.49. The first-order valence-electron chi connectivity index (χ1n) is 7.67. The van der Waals surface area contributed by atoms with Crippen molar-refractivity contribution in [3.8, 4) is 0 Å². The molecular weight excluding hydrogens is 288 g/mol. The van der Waals surface area contributed by atoms with Crippen molar-refractivity contribution in [2.45, 2.75) is 37.6 Å². The van der Waals surface area contributed by atoms with Gasteiger partial charge in [0.1, 0.15) is 0 Å². The Morgan fingerprint density at radius 1 is 1.33 bits per heavy atom. The summed E-state index contributed by atoms with van der Waals surface area (Å²) in [4.78, 5) is 19.4. The quantitative estimate of drug-likeness (QED) is 0.857. The average molecular weight is 309 g/mol. The summed E-state index contributed by atoms with van der Waals surface area (Å²) >= 11 is 6.16. The second-order valence-corrected chi connectivity index (χ2v) is 6.31. The summed E-state index contributed by atoms with van der Waals surface area (Å²) in [5.74, 6) is 0.301. The van der Waals surface area contributed by atoms with Gasteiger partial charge in [0.15, 0.2) is 5.78 Å². The van der Waals surface area contributed by atoms with Crippen LogP contribution in [-0.4, -0.2) is 47.5 Å². The van der Waals surface area contributed by atoms with E-state index in [1.54, 1.807) is 12.4 Å². The molecule has 0 amide bonds. The van der Waals surface area contributed by atoms with E-state index in [2.05, 4.69) is 9.88 Å². The number of morpholine rings is 1. The third-order valence-corrected chi connectivity index (χ3v) is 5.11. The summed E-state index contributed by atoms with van der Waals surface area (Å²) < 4.78 is 5.44. The third kappa shape index (κ3) is 2.98. The molecule has 21 heavy (non-hydrogen) atoms. The van der Waals surface area contributed by atoms with Crippen LogP contribution in [0.5, 0.6) is 0 Å². The van der Waals surface area contributed by atoms with Crippen LogP contribution < -0.4 is 0 Å². The van der Waals surface area contributed by atoms with Crippen LogP contribution in [0.4, 0.5) is 0 Å². The Hall–Kier alpha value is -0.970. The molecule has 4 nitrogen and oxygen atoms in total. The molecule has 0 atom stereocenters. The molecule has 1 aromatic heterocycles. The van der Waals surface area contributed by atoms with Crippen LogP contribution in [0.1, 0.15) is 31.2 Å². The van der Waals surface area contributed by atoms with Crippen molar-refractivity contribution in [2.75, 3.05) is 26.3 Å². The van der Waals surface area contributed by atoms with Crippen molar-refractivity contribution in [2.24, 2.45) is 0 Å². The SMILES string of the molecule is O=C(Cc1ccncc1Cl)C1(N2CCOCC2)CCCC1. The van der Waals surface area contributed by atoms with Gasteiger partial charge in [-0.15, -0.1) is 0 Å². The first-order valence-corrected chi connectivity index (χ1v) is 8.05. The van der Waals surface area contributed by atoms with Gasteiger partial charge in [0.05, 0.1) is 23.8 Å². The molecule has 3 rings (SSSR count). The van der Waals surface area contributed by atoms with Crippen LogP contribution in [-0.2, 0) is 16.0 Å². The molecule has 1 aromatic rings. The molecule has 0 spiro atoms. The molecule has 1 aliphatic heterocycles. The summed E-state index contributed by atoms with van der Waals surface area (Å²) in [6.45, 7) is 3.17. The van der Waals surface area contributed by atoms with Gasteiger partial charge in [-0.3, -0.25) is 14.7 Å². The van der Waals surface area contributed by atoms with Crippen molar-refractivity contribution >= 4 is 17.4 Å². The van der Waals surface area contributed by atoms with E-state index in [0.29, 0.717) is 17.2 Å². The molecule has 0 N–H and O–H groups in total. The maximum Gasteiger partial charge on any atom is 0.157 e. The highest BCUT2D eigenvalue weighted by Gasteiger charge is 2.45. The molecule has 2 heterocycles. The van der Waals surface area contributed by atoms with Crippen molar-refractivity contribution < 1.29 is 9.53 Å². The zero-order valence-corrected chi connectivity index (χ0v) is 12.9. The lowest BCUT2D eigenvalue weighted by atomic mass is 9.86. The molecule has 2 aliphatic rings. The molecule has 1 saturated carbocycles. The standard InChI is InChI=1S/C16H21ClN2O2/c17-14-12-18-6-3-13(14)11-15(20)16(4-1-2-5-16)19-7-9-21-10-8-19/h3,6,12H,1-2,4-5,7-11H2. The number of ketones is 1. The van der Waals surface area contributed by atoms with E-state index in [1.807, 2.05) is 6.07 Å². The average Bonchev–Trinajstić information content (AvgIpc) is 3.01. The summed E-state index contributed by atoms with van der Waals surface area (Å²) in [5, 5.41) is 0.584. The van der Waals surface area contributed by atoms with E-state index in [0.717, 1.165) is 57.6 Å². The lowest BCUT2D eigenvalue weighted by Crippen LogP contribution is -2.57. The van der Waals surface area contributed by atoms with Gasteiger partial charge in [-0.25, -0.2) is 0 Å². The van der Waals surface area contributed by atoms with Crippen molar-refractivity contribution in [1.82, 2.24) is 9.88 Å². The lowest BCUT2D eigenvalue weighted by molar-refractivity contribution is -0.133. The fourth-order valence-electron chi connectivity index (χ4n) is 3.61. The van der Waals surface area contributed by atoms with Gasteiger partial charge in [-0.05, 0) is 24.5 Å². The highest BCUT2D eigenvalue weighted by atomic mass is 35.5. The monoisotopic (exact) mass is 308 g/mol. The first-order chi connectivity index (χ1) is 10.2. The number of hydrogen-bond donors (Lipinski definition) is 0. The molecule has 1 saturated heterocycles. The largest absolute Gasteiger partial charge is 0.379 e. The highest BCUT2D eigenvalue weighted by Crippen LogP contribution is 2.37. The molecule has 0 radical (unpaired) electrons. The van der Waals surface area contributed by atoms with Gasteiger partial charge < -0.3 is 4.74 Å². The van der Waals surface area contributed by atoms with Crippen LogP contribution in [0, 0.1) is 0 Å². The number of carbonyl (C=O) groups excluding carboxylic acids is 1. The fourth-order valence-corrected chi connectivity index (χ4v) is 3.79. The highest BCUT2D eigenvalue weighted by molar-refractivity contribution is 6.31. The second kappa shape index (κ2) is 6.42. The number of aromatic nitrogens is 1. The van der Waals surface area contributed by atoms with Crippen molar-refractivity contribution in [3.05, 3.63) is 29.0 Å². The van der Waals surface area contributed by atoms with Gasteiger partial charge in [-0.2, -0.15) is 0 Å². The van der Waals surface area contributed by atoms with Crippen LogP contribution in [0.25, 0.3) is 0 Å². The Balaban J connectivity index is 1.80. The number of carbonyl (C=O) groups is 1. The molecular formula is C16H21ClN2O2. The van der Waals surface area contributed by atoms with Crippen LogP contribution in [0.3, 0.4) is 0 Å². The normalized spacial score (nSPS) is 22.3. The predicted molar refractivity (Wildman–Crippen MR) is 81.5 cm³/mol. The fraction of sp³-hybridized carbons (Fsp3) is 0.625. The molecule has 0 bridgehead atoms. The van der Waals surface area contributed by atoms with Gasteiger partial charge in [-0.1, -0.05) is 24.4 Å². The topological polar surface area (TPSA) is 42.4 Å². The molecule has 0 aromatic carbocycles. The molecule has 2 fully saturated rings. The van der Waals surface area contributed by atoms with Crippen molar-refractivity contribution in [1.29, 1.82) is 0 Å². The molecule has 5 heteroatoms.